The molecule has 4 nitrogen and oxygen atoms in total. The van der Waals surface area contributed by atoms with Crippen molar-refractivity contribution in [1.82, 2.24) is 14.6 Å². The van der Waals surface area contributed by atoms with E-state index < -0.39 is 0 Å². The van der Waals surface area contributed by atoms with Gasteiger partial charge < -0.3 is 4.98 Å². The molecule has 13 heavy (non-hydrogen) atoms. The van der Waals surface area contributed by atoms with Crippen LogP contribution >= 0.6 is 15.9 Å². The highest BCUT2D eigenvalue weighted by Gasteiger charge is 2.09. The third kappa shape index (κ3) is 1.19. The Balaban J connectivity index is 3.03. The molecule has 0 unspecified atom stereocenters. The molecule has 2 aromatic rings. The third-order valence-electron chi connectivity index (χ3n) is 1.93. The minimum atomic E-state index is -0.101. The van der Waals surface area contributed by atoms with Crippen molar-refractivity contribution in [2.24, 2.45) is 0 Å². The van der Waals surface area contributed by atoms with Gasteiger partial charge in [-0.15, -0.1) is 0 Å². The van der Waals surface area contributed by atoms with Crippen LogP contribution in [0.1, 0.15) is 11.3 Å². The minimum Gasteiger partial charge on any atom is -0.323 e. The predicted molar refractivity (Wildman–Crippen MR) is 53.0 cm³/mol. The number of aromatic amines is 1. The number of hydrogen-bond donors (Lipinski definition) is 1. The first-order chi connectivity index (χ1) is 6.09. The molecule has 0 bridgehead atoms. The van der Waals surface area contributed by atoms with E-state index in [0.29, 0.717) is 10.1 Å². The molecule has 68 valence electrons. The molecule has 0 amide bonds. The molecule has 0 aliphatic heterocycles. The first-order valence-electron chi connectivity index (χ1n) is 3.84. The Morgan fingerprint density at radius 1 is 1.54 bits per heavy atom. The van der Waals surface area contributed by atoms with Gasteiger partial charge in [-0.3, -0.25) is 4.79 Å². The smallest absolute Gasteiger partial charge is 0.274 e. The van der Waals surface area contributed by atoms with Crippen LogP contribution in [0.15, 0.2) is 15.6 Å². The summed E-state index contributed by atoms with van der Waals surface area (Å²) in [4.78, 5) is 14.2. The largest absolute Gasteiger partial charge is 0.323 e. The number of nitrogens with zero attached hydrogens (tertiary/aromatic N) is 2. The SMILES string of the molecule is Cc1cn2nc(Br)c(C)c2c(=O)[nH]1. The second-order valence-corrected chi connectivity index (χ2v) is 3.73. The van der Waals surface area contributed by atoms with Crippen molar-refractivity contribution in [1.29, 1.82) is 0 Å². The topological polar surface area (TPSA) is 50.2 Å². The van der Waals surface area contributed by atoms with E-state index in [1.807, 2.05) is 13.8 Å². The Morgan fingerprint density at radius 3 is 2.92 bits per heavy atom. The second-order valence-electron chi connectivity index (χ2n) is 2.98. The van der Waals surface area contributed by atoms with Gasteiger partial charge in [-0.2, -0.15) is 5.10 Å². The zero-order valence-corrected chi connectivity index (χ0v) is 8.84. The highest BCUT2D eigenvalue weighted by Crippen LogP contribution is 2.16. The zero-order valence-electron chi connectivity index (χ0n) is 7.26. The van der Waals surface area contributed by atoms with Gasteiger partial charge in [0.25, 0.3) is 5.56 Å². The lowest BCUT2D eigenvalue weighted by atomic mass is 10.3. The van der Waals surface area contributed by atoms with Gasteiger partial charge in [0.15, 0.2) is 0 Å². The lowest BCUT2D eigenvalue weighted by Gasteiger charge is -1.94. The number of fused-ring (bicyclic) bond motifs is 1. The van der Waals surface area contributed by atoms with Gasteiger partial charge in [0.2, 0.25) is 0 Å². The molecular weight excluding hydrogens is 234 g/mol. The Kier molecular flexibility index (Phi) is 1.76. The standard InChI is InChI=1S/C8H8BrN3O/c1-4-3-12-6(8(13)10-4)5(2)7(9)11-12/h3H,1-2H3,(H,10,13). The van der Waals surface area contributed by atoms with Crippen LogP contribution in [-0.2, 0) is 0 Å². The van der Waals surface area contributed by atoms with Crippen molar-refractivity contribution in [2.75, 3.05) is 0 Å². The fourth-order valence-corrected chi connectivity index (χ4v) is 1.67. The lowest BCUT2D eigenvalue weighted by molar-refractivity contribution is 0.906. The fraction of sp³-hybridized carbons (Fsp3) is 0.250. The molecule has 2 aromatic heterocycles. The van der Waals surface area contributed by atoms with E-state index >= 15 is 0 Å². The minimum absolute atomic E-state index is 0.101. The second kappa shape index (κ2) is 2.70. The lowest BCUT2D eigenvalue weighted by Crippen LogP contribution is -2.11. The van der Waals surface area contributed by atoms with E-state index in [-0.39, 0.29) is 5.56 Å². The number of H-pyrrole nitrogens is 1. The normalized spacial score (nSPS) is 11.0. The van der Waals surface area contributed by atoms with Crippen molar-refractivity contribution in [3.05, 3.63) is 32.4 Å². The number of hydrogen-bond acceptors (Lipinski definition) is 2. The molecule has 0 spiro atoms. The summed E-state index contributed by atoms with van der Waals surface area (Å²) >= 11 is 3.28. The van der Waals surface area contributed by atoms with Crippen LogP contribution in [0.5, 0.6) is 0 Å². The molecule has 0 atom stereocenters. The number of rotatable bonds is 0. The number of aryl methyl sites for hydroxylation is 2. The van der Waals surface area contributed by atoms with Gasteiger partial charge in [-0.25, -0.2) is 4.52 Å². The molecule has 1 N–H and O–H groups in total. The van der Waals surface area contributed by atoms with Gasteiger partial charge in [-0.1, -0.05) is 0 Å². The van der Waals surface area contributed by atoms with Gasteiger partial charge in [0.1, 0.15) is 10.1 Å². The van der Waals surface area contributed by atoms with Crippen LogP contribution in [0.2, 0.25) is 0 Å². The molecule has 0 aliphatic carbocycles. The average molecular weight is 242 g/mol. The van der Waals surface area contributed by atoms with E-state index in [9.17, 15) is 4.79 Å². The molecule has 0 saturated heterocycles. The summed E-state index contributed by atoms with van der Waals surface area (Å²) < 4.78 is 2.30. The molecule has 0 aromatic carbocycles. The summed E-state index contributed by atoms with van der Waals surface area (Å²) in [5.41, 5.74) is 2.15. The number of nitrogens with one attached hydrogen (secondary N) is 1. The van der Waals surface area contributed by atoms with Gasteiger partial charge in [0, 0.05) is 17.5 Å². The highest BCUT2D eigenvalue weighted by molar-refractivity contribution is 9.10. The van der Waals surface area contributed by atoms with Crippen LogP contribution in [0, 0.1) is 13.8 Å². The Morgan fingerprint density at radius 2 is 2.23 bits per heavy atom. The number of halogens is 1. The van der Waals surface area contributed by atoms with Crippen LogP contribution in [-0.4, -0.2) is 14.6 Å². The van der Waals surface area contributed by atoms with E-state index in [2.05, 4.69) is 26.0 Å². The summed E-state index contributed by atoms with van der Waals surface area (Å²) in [6.07, 6.45) is 1.79. The summed E-state index contributed by atoms with van der Waals surface area (Å²) in [5.74, 6) is 0. The molecule has 0 saturated carbocycles. The molecule has 5 heteroatoms. The maximum Gasteiger partial charge on any atom is 0.274 e. The van der Waals surface area contributed by atoms with E-state index in [4.69, 9.17) is 0 Å². The predicted octanol–water partition coefficient (Wildman–Crippen LogP) is 1.40. The molecule has 2 heterocycles. The van der Waals surface area contributed by atoms with Crippen molar-refractivity contribution in [3.63, 3.8) is 0 Å². The van der Waals surface area contributed by atoms with Crippen LogP contribution in [0.25, 0.3) is 5.52 Å². The first-order valence-corrected chi connectivity index (χ1v) is 4.63. The van der Waals surface area contributed by atoms with E-state index in [1.165, 1.54) is 0 Å². The maximum atomic E-state index is 11.5. The monoisotopic (exact) mass is 241 g/mol. The first kappa shape index (κ1) is 8.50. The summed E-state index contributed by atoms with van der Waals surface area (Å²) in [5, 5.41) is 4.15. The molecule has 0 radical (unpaired) electrons. The maximum absolute atomic E-state index is 11.5. The molecular formula is C8H8BrN3O. The quantitative estimate of drug-likeness (QED) is 0.759. The fourth-order valence-electron chi connectivity index (χ4n) is 1.31. The Bertz CT molecular complexity index is 526. The van der Waals surface area contributed by atoms with Gasteiger partial charge in [0.05, 0.1) is 0 Å². The Hall–Kier alpha value is -1.10. The molecule has 0 fully saturated rings. The summed E-state index contributed by atoms with van der Waals surface area (Å²) in [6, 6.07) is 0. The molecule has 0 aliphatic rings. The van der Waals surface area contributed by atoms with Crippen molar-refractivity contribution in [3.8, 4) is 0 Å². The van der Waals surface area contributed by atoms with Crippen LogP contribution in [0.3, 0.4) is 0 Å². The zero-order chi connectivity index (χ0) is 9.59. The van der Waals surface area contributed by atoms with Crippen LogP contribution < -0.4 is 5.56 Å². The van der Waals surface area contributed by atoms with E-state index in [0.717, 1.165) is 11.3 Å². The summed E-state index contributed by atoms with van der Waals surface area (Å²) in [7, 11) is 0. The third-order valence-corrected chi connectivity index (χ3v) is 2.68. The van der Waals surface area contributed by atoms with Crippen molar-refractivity contribution < 1.29 is 0 Å². The van der Waals surface area contributed by atoms with Crippen LogP contribution in [0.4, 0.5) is 0 Å². The van der Waals surface area contributed by atoms with Crippen molar-refractivity contribution in [2.45, 2.75) is 13.8 Å². The number of aromatic nitrogens is 3. The highest BCUT2D eigenvalue weighted by atomic mass is 79.9. The van der Waals surface area contributed by atoms with E-state index in [1.54, 1.807) is 10.7 Å². The molecule has 2 rings (SSSR count). The van der Waals surface area contributed by atoms with Gasteiger partial charge >= 0.3 is 0 Å². The summed E-state index contributed by atoms with van der Waals surface area (Å²) in [6.45, 7) is 3.68. The average Bonchev–Trinajstić information content (AvgIpc) is 2.27. The Labute approximate surface area is 82.7 Å². The van der Waals surface area contributed by atoms with Gasteiger partial charge in [-0.05, 0) is 29.8 Å². The van der Waals surface area contributed by atoms with Crippen molar-refractivity contribution >= 4 is 21.4 Å².